The maximum atomic E-state index is 10.3. The van der Waals surface area contributed by atoms with Gasteiger partial charge in [0.2, 0.25) is 0 Å². The van der Waals surface area contributed by atoms with Gasteiger partial charge in [-0.05, 0) is 0 Å². The number of rotatable bonds is 4. The fourth-order valence-electron chi connectivity index (χ4n) is 2.48. The van der Waals surface area contributed by atoms with E-state index in [9.17, 15) is 10.2 Å². The normalized spacial score (nSPS) is 27.1. The summed E-state index contributed by atoms with van der Waals surface area (Å²) >= 11 is 0. The number of aromatic nitrogens is 4. The first kappa shape index (κ1) is 16.1. The number of ether oxygens (including phenoxy) is 1. The fraction of sp³-hybridized carbons (Fsp3) is 0.385. The van der Waals surface area contributed by atoms with E-state index >= 15 is 0 Å². The quantitative estimate of drug-likeness (QED) is 0.236. The molecule has 11 nitrogen and oxygen atoms in total. The Balaban J connectivity index is 1.82. The third kappa shape index (κ3) is 2.87. The van der Waals surface area contributed by atoms with Crippen molar-refractivity contribution in [3.8, 4) is 0 Å². The van der Waals surface area contributed by atoms with Crippen LogP contribution in [0.3, 0.4) is 0 Å². The Morgan fingerprint density at radius 2 is 2.08 bits per heavy atom. The molecule has 128 valence electrons. The number of nitrogens with zero attached hydrogens (tertiary/aromatic N) is 5. The smallest absolute Gasteiger partial charge is 0.186 e. The predicted octanol–water partition coefficient (Wildman–Crippen LogP) is -2.14. The van der Waals surface area contributed by atoms with E-state index in [0.29, 0.717) is 11.2 Å². The number of nitrogen functional groups attached to an aromatic ring is 1. The molecule has 4 atom stereocenters. The largest absolute Gasteiger partial charge is 0.387 e. The molecule has 24 heavy (non-hydrogen) atoms. The molecular weight excluding hydrogens is 316 g/mol. The number of aliphatic imine (C=N–C) groups is 1. The highest BCUT2D eigenvalue weighted by molar-refractivity contribution is 5.81. The van der Waals surface area contributed by atoms with Gasteiger partial charge in [0, 0.05) is 0 Å². The molecule has 3 heterocycles. The topological polar surface area (TPSA) is 184 Å². The van der Waals surface area contributed by atoms with Crippen molar-refractivity contribution in [3.05, 3.63) is 24.8 Å². The van der Waals surface area contributed by atoms with Gasteiger partial charge in [0.25, 0.3) is 0 Å². The monoisotopic (exact) mass is 334 g/mol. The number of aliphatic hydroxyl groups excluding tert-OH is 2. The average Bonchev–Trinajstić information content (AvgIpc) is 3.08. The van der Waals surface area contributed by atoms with Crippen molar-refractivity contribution in [1.29, 1.82) is 0 Å². The van der Waals surface area contributed by atoms with Crippen LogP contribution in [0, 0.1) is 0 Å². The van der Waals surface area contributed by atoms with Gasteiger partial charge in [0.1, 0.15) is 30.2 Å². The fourth-order valence-corrected chi connectivity index (χ4v) is 2.48. The summed E-state index contributed by atoms with van der Waals surface area (Å²) in [6, 6.07) is 0. The van der Waals surface area contributed by atoms with E-state index in [1.54, 1.807) is 12.2 Å². The van der Waals surface area contributed by atoms with Gasteiger partial charge in [-0.25, -0.2) is 19.9 Å². The predicted molar refractivity (Wildman–Crippen MR) is 85.5 cm³/mol. The summed E-state index contributed by atoms with van der Waals surface area (Å²) in [5.74, 6) is 0.188. The lowest BCUT2D eigenvalue weighted by Gasteiger charge is -2.16. The standard InChI is InChI=1S/C13H18N8O3/c14-10-7-11(19-4-18-10)21(5-20-7)12-9(23)8(22)6(24-12)2-1-3-17-13(15)16/h1-2,4-6,8-9,12,22-23H,3H2,(H2,14,18,19)(H4,15,16,17)/b2-1+/t6-,8-,9-,12-/m1/s1. The number of imidazole rings is 1. The minimum Gasteiger partial charge on any atom is -0.387 e. The molecule has 0 spiro atoms. The highest BCUT2D eigenvalue weighted by atomic mass is 16.6. The SMILES string of the molecule is NC(N)=NC/C=C/[C@H]1O[C@@H](n2cnc3c(N)ncnc32)[C@H](O)[C@@H]1O. The summed E-state index contributed by atoms with van der Waals surface area (Å²) < 4.78 is 7.21. The first-order chi connectivity index (χ1) is 11.5. The number of hydrogen-bond acceptors (Lipinski definition) is 8. The minimum atomic E-state index is -1.17. The lowest BCUT2D eigenvalue weighted by molar-refractivity contribution is -0.0245. The van der Waals surface area contributed by atoms with Crippen molar-refractivity contribution in [1.82, 2.24) is 19.5 Å². The summed E-state index contributed by atoms with van der Waals surface area (Å²) in [6.45, 7) is 0.243. The maximum Gasteiger partial charge on any atom is 0.186 e. The molecule has 0 saturated carbocycles. The van der Waals surface area contributed by atoms with E-state index in [1.807, 2.05) is 0 Å². The molecule has 8 N–H and O–H groups in total. The van der Waals surface area contributed by atoms with Gasteiger partial charge in [-0.2, -0.15) is 0 Å². The first-order valence-corrected chi connectivity index (χ1v) is 7.15. The van der Waals surface area contributed by atoms with Crippen LogP contribution in [0.2, 0.25) is 0 Å². The average molecular weight is 334 g/mol. The number of nitrogens with two attached hydrogens (primary N) is 3. The minimum absolute atomic E-state index is 0.0346. The zero-order valence-corrected chi connectivity index (χ0v) is 12.6. The number of fused-ring (bicyclic) bond motifs is 1. The number of hydrogen-bond donors (Lipinski definition) is 5. The van der Waals surface area contributed by atoms with Gasteiger partial charge in [0.15, 0.2) is 23.7 Å². The molecule has 0 aromatic carbocycles. The summed E-state index contributed by atoms with van der Waals surface area (Å²) in [5, 5.41) is 20.4. The van der Waals surface area contributed by atoms with Gasteiger partial charge < -0.3 is 32.2 Å². The molecule has 3 rings (SSSR count). The van der Waals surface area contributed by atoms with Crippen LogP contribution in [0.25, 0.3) is 11.2 Å². The van der Waals surface area contributed by atoms with Crippen LogP contribution in [0.5, 0.6) is 0 Å². The van der Waals surface area contributed by atoms with Crippen molar-refractivity contribution in [3.63, 3.8) is 0 Å². The van der Waals surface area contributed by atoms with Crippen LogP contribution in [-0.4, -0.2) is 60.5 Å². The molecule has 2 aromatic rings. The second kappa shape index (κ2) is 6.39. The third-order valence-electron chi connectivity index (χ3n) is 3.64. The molecule has 0 bridgehead atoms. The Morgan fingerprint density at radius 1 is 1.29 bits per heavy atom. The highest BCUT2D eigenvalue weighted by Crippen LogP contribution is 2.32. The third-order valence-corrected chi connectivity index (χ3v) is 3.64. The molecule has 0 radical (unpaired) electrons. The molecule has 0 aliphatic carbocycles. The van der Waals surface area contributed by atoms with E-state index in [4.69, 9.17) is 21.9 Å². The van der Waals surface area contributed by atoms with Gasteiger partial charge in [-0.1, -0.05) is 12.2 Å². The molecule has 2 aromatic heterocycles. The van der Waals surface area contributed by atoms with Gasteiger partial charge in [-0.3, -0.25) is 4.57 Å². The van der Waals surface area contributed by atoms with Gasteiger partial charge in [-0.15, -0.1) is 0 Å². The van der Waals surface area contributed by atoms with Crippen molar-refractivity contribution in [2.45, 2.75) is 24.5 Å². The lowest BCUT2D eigenvalue weighted by Crippen LogP contribution is -2.30. The van der Waals surface area contributed by atoms with Crippen molar-refractivity contribution >= 4 is 22.9 Å². The second-order valence-electron chi connectivity index (χ2n) is 5.25. The maximum absolute atomic E-state index is 10.3. The molecule has 11 heteroatoms. The van der Waals surface area contributed by atoms with Crippen molar-refractivity contribution < 1.29 is 14.9 Å². The number of aliphatic hydroxyl groups is 2. The van der Waals surface area contributed by atoms with Crippen LogP contribution in [0.1, 0.15) is 6.23 Å². The summed E-state index contributed by atoms with van der Waals surface area (Å²) in [6.07, 6.45) is 2.06. The Morgan fingerprint density at radius 3 is 2.83 bits per heavy atom. The van der Waals surface area contributed by atoms with E-state index in [-0.39, 0.29) is 18.3 Å². The zero-order valence-electron chi connectivity index (χ0n) is 12.6. The van der Waals surface area contributed by atoms with Gasteiger partial charge >= 0.3 is 0 Å². The zero-order chi connectivity index (χ0) is 17.3. The van der Waals surface area contributed by atoms with Crippen LogP contribution >= 0.6 is 0 Å². The number of guanidine groups is 1. The highest BCUT2D eigenvalue weighted by Gasteiger charge is 2.43. The van der Waals surface area contributed by atoms with E-state index in [2.05, 4.69) is 19.9 Å². The van der Waals surface area contributed by atoms with E-state index in [0.717, 1.165) is 0 Å². The molecule has 0 amide bonds. The van der Waals surface area contributed by atoms with Crippen LogP contribution < -0.4 is 17.2 Å². The van der Waals surface area contributed by atoms with Crippen LogP contribution in [-0.2, 0) is 4.74 Å². The van der Waals surface area contributed by atoms with Crippen molar-refractivity contribution in [2.75, 3.05) is 12.3 Å². The summed E-state index contributed by atoms with van der Waals surface area (Å²) in [7, 11) is 0. The summed E-state index contributed by atoms with van der Waals surface area (Å²) in [5.41, 5.74) is 17.0. The van der Waals surface area contributed by atoms with Gasteiger partial charge in [0.05, 0.1) is 12.9 Å². The Hall–Kier alpha value is -2.76. The lowest BCUT2D eigenvalue weighted by atomic mass is 10.1. The second-order valence-corrected chi connectivity index (χ2v) is 5.25. The Labute approximate surface area is 136 Å². The van der Waals surface area contributed by atoms with Crippen LogP contribution in [0.4, 0.5) is 5.82 Å². The Bertz CT molecular complexity index is 785. The molecule has 1 saturated heterocycles. The molecule has 1 aliphatic rings. The molecule has 0 unspecified atom stereocenters. The van der Waals surface area contributed by atoms with Crippen LogP contribution in [0.15, 0.2) is 29.8 Å². The van der Waals surface area contributed by atoms with E-state index in [1.165, 1.54) is 17.2 Å². The number of anilines is 1. The van der Waals surface area contributed by atoms with E-state index < -0.39 is 24.5 Å². The first-order valence-electron chi connectivity index (χ1n) is 7.15. The summed E-state index contributed by atoms with van der Waals surface area (Å²) in [4.78, 5) is 15.9. The Kier molecular flexibility index (Phi) is 4.29. The molecule has 1 aliphatic heterocycles. The molecular formula is C13H18N8O3. The van der Waals surface area contributed by atoms with Crippen molar-refractivity contribution in [2.24, 2.45) is 16.5 Å². The molecule has 1 fully saturated rings.